The molecule has 1 aromatic rings. The Morgan fingerprint density at radius 3 is 2.93 bits per heavy atom. The van der Waals surface area contributed by atoms with Crippen LogP contribution in [0.5, 0.6) is 0 Å². The molecule has 0 bridgehead atoms. The highest BCUT2D eigenvalue weighted by Crippen LogP contribution is 2.16. The second-order valence-electron chi connectivity index (χ2n) is 3.54. The first-order chi connectivity index (χ1) is 6.86. The van der Waals surface area contributed by atoms with Crippen molar-refractivity contribution in [3.8, 4) is 0 Å². The number of rotatable bonds is 2. The smallest absolute Gasteiger partial charge is 0.0529 e. The van der Waals surface area contributed by atoms with Crippen LogP contribution in [0, 0.1) is 6.07 Å². The Morgan fingerprint density at radius 1 is 1.43 bits per heavy atom. The molecule has 2 nitrogen and oxygen atoms in total. The maximum absolute atomic E-state index is 6.05. The summed E-state index contributed by atoms with van der Waals surface area (Å²) in [6, 6.07) is 8.92. The molecule has 1 N–H and O–H groups in total. The third-order valence-corrected chi connectivity index (χ3v) is 2.84. The Balaban J connectivity index is 1.99. The summed E-state index contributed by atoms with van der Waals surface area (Å²) in [7, 11) is 0. The molecule has 1 saturated heterocycles. The van der Waals surface area contributed by atoms with Crippen molar-refractivity contribution >= 4 is 11.6 Å². The molecular formula is C11H14ClN2. The fourth-order valence-corrected chi connectivity index (χ4v) is 1.87. The average Bonchev–Trinajstić information content (AvgIpc) is 2.23. The van der Waals surface area contributed by atoms with Gasteiger partial charge in [0.1, 0.15) is 0 Å². The SMILES string of the molecule is Clc1[c]cccc1CN1CCNCC1. The van der Waals surface area contributed by atoms with Crippen LogP contribution in [0.25, 0.3) is 0 Å². The van der Waals surface area contributed by atoms with E-state index in [1.165, 1.54) is 5.56 Å². The molecule has 75 valence electrons. The molecule has 1 fully saturated rings. The highest BCUT2D eigenvalue weighted by Gasteiger charge is 2.10. The molecule has 1 radical (unpaired) electrons. The molecule has 1 aliphatic rings. The van der Waals surface area contributed by atoms with Gasteiger partial charge < -0.3 is 5.32 Å². The first kappa shape index (κ1) is 9.97. The minimum Gasteiger partial charge on any atom is -0.314 e. The normalized spacial score (nSPS) is 18.4. The Bertz CT molecular complexity index is 295. The van der Waals surface area contributed by atoms with Crippen LogP contribution in [0.4, 0.5) is 0 Å². The molecule has 0 atom stereocenters. The highest BCUT2D eigenvalue weighted by molar-refractivity contribution is 6.31. The van der Waals surface area contributed by atoms with Crippen LogP contribution in [0.3, 0.4) is 0 Å². The zero-order valence-electron chi connectivity index (χ0n) is 8.09. The Hall–Kier alpha value is -0.570. The number of hydrogen-bond acceptors (Lipinski definition) is 2. The van der Waals surface area contributed by atoms with Crippen molar-refractivity contribution in [1.82, 2.24) is 10.2 Å². The van der Waals surface area contributed by atoms with Gasteiger partial charge in [-0.05, 0) is 5.56 Å². The molecule has 0 saturated carbocycles. The minimum absolute atomic E-state index is 0.756. The van der Waals surface area contributed by atoms with E-state index in [-0.39, 0.29) is 0 Å². The van der Waals surface area contributed by atoms with Crippen LogP contribution in [0.2, 0.25) is 5.02 Å². The van der Waals surface area contributed by atoms with E-state index in [1.807, 2.05) is 12.1 Å². The number of nitrogens with one attached hydrogen (secondary N) is 1. The van der Waals surface area contributed by atoms with Gasteiger partial charge in [-0.25, -0.2) is 0 Å². The summed E-state index contributed by atoms with van der Waals surface area (Å²) in [5, 5.41) is 4.09. The van der Waals surface area contributed by atoms with Gasteiger partial charge >= 0.3 is 0 Å². The molecule has 3 heteroatoms. The standard InChI is InChI=1S/C11H14ClN2/c12-11-4-2-1-3-10(11)9-14-7-5-13-6-8-14/h1-3,13H,5-9H2. The van der Waals surface area contributed by atoms with Crippen LogP contribution < -0.4 is 5.32 Å². The number of hydrogen-bond donors (Lipinski definition) is 1. The Labute approximate surface area is 89.9 Å². The first-order valence-electron chi connectivity index (χ1n) is 4.94. The lowest BCUT2D eigenvalue weighted by atomic mass is 10.2. The summed E-state index contributed by atoms with van der Waals surface area (Å²) < 4.78 is 0. The maximum atomic E-state index is 6.05. The zero-order chi connectivity index (χ0) is 9.80. The van der Waals surface area contributed by atoms with E-state index in [1.54, 1.807) is 0 Å². The third kappa shape index (κ3) is 2.47. The van der Waals surface area contributed by atoms with E-state index in [2.05, 4.69) is 22.3 Å². The van der Waals surface area contributed by atoms with Crippen LogP contribution >= 0.6 is 11.6 Å². The molecule has 0 unspecified atom stereocenters. The van der Waals surface area contributed by atoms with E-state index in [4.69, 9.17) is 11.6 Å². The Morgan fingerprint density at radius 2 is 2.21 bits per heavy atom. The van der Waals surface area contributed by atoms with Crippen molar-refractivity contribution in [3.05, 3.63) is 34.9 Å². The fourth-order valence-electron chi connectivity index (χ4n) is 1.68. The molecule has 1 heterocycles. The summed E-state index contributed by atoms with van der Waals surface area (Å²) in [5.74, 6) is 0. The van der Waals surface area contributed by atoms with Gasteiger partial charge in [-0.15, -0.1) is 0 Å². The largest absolute Gasteiger partial charge is 0.314 e. The molecule has 0 aromatic heterocycles. The van der Waals surface area contributed by atoms with Crippen LogP contribution in [0.1, 0.15) is 5.56 Å². The quantitative estimate of drug-likeness (QED) is 0.795. The molecule has 1 aliphatic heterocycles. The van der Waals surface area contributed by atoms with Crippen molar-refractivity contribution in [2.45, 2.75) is 6.54 Å². The van der Waals surface area contributed by atoms with Crippen molar-refractivity contribution in [1.29, 1.82) is 0 Å². The summed E-state index contributed by atoms with van der Waals surface area (Å²) in [6.45, 7) is 5.30. The summed E-state index contributed by atoms with van der Waals surface area (Å²) in [6.07, 6.45) is 0. The van der Waals surface area contributed by atoms with E-state index in [0.717, 1.165) is 37.7 Å². The number of halogens is 1. The van der Waals surface area contributed by atoms with Gasteiger partial charge in [-0.2, -0.15) is 0 Å². The molecule has 14 heavy (non-hydrogen) atoms. The highest BCUT2D eigenvalue weighted by atomic mass is 35.5. The number of benzene rings is 1. The lowest BCUT2D eigenvalue weighted by Crippen LogP contribution is -2.42. The number of nitrogens with zero attached hydrogens (tertiary/aromatic N) is 1. The molecular weight excluding hydrogens is 196 g/mol. The predicted octanol–water partition coefficient (Wildman–Crippen LogP) is 1.55. The molecule has 1 aromatic carbocycles. The summed E-state index contributed by atoms with van der Waals surface area (Å²) in [4.78, 5) is 2.41. The van der Waals surface area contributed by atoms with Crippen molar-refractivity contribution in [2.75, 3.05) is 26.2 Å². The Kier molecular flexibility index (Phi) is 3.40. The molecule has 0 spiro atoms. The lowest BCUT2D eigenvalue weighted by Gasteiger charge is -2.27. The van der Waals surface area contributed by atoms with Gasteiger partial charge in [0.05, 0.1) is 5.02 Å². The second kappa shape index (κ2) is 4.78. The predicted molar refractivity (Wildman–Crippen MR) is 58.4 cm³/mol. The molecule has 0 amide bonds. The van der Waals surface area contributed by atoms with Crippen LogP contribution in [-0.2, 0) is 6.54 Å². The van der Waals surface area contributed by atoms with Crippen molar-refractivity contribution < 1.29 is 0 Å². The van der Waals surface area contributed by atoms with Gasteiger partial charge in [0, 0.05) is 38.8 Å². The van der Waals surface area contributed by atoms with Gasteiger partial charge in [-0.3, -0.25) is 4.90 Å². The van der Waals surface area contributed by atoms with Gasteiger partial charge in [0.15, 0.2) is 0 Å². The fraction of sp³-hybridized carbons (Fsp3) is 0.455. The van der Waals surface area contributed by atoms with Crippen LogP contribution in [0.15, 0.2) is 18.2 Å². The topological polar surface area (TPSA) is 15.3 Å². The third-order valence-electron chi connectivity index (χ3n) is 2.49. The molecule has 2 rings (SSSR count). The van der Waals surface area contributed by atoms with E-state index >= 15 is 0 Å². The number of piperazine rings is 1. The van der Waals surface area contributed by atoms with Crippen LogP contribution in [-0.4, -0.2) is 31.1 Å². The van der Waals surface area contributed by atoms with Crippen molar-refractivity contribution in [3.63, 3.8) is 0 Å². The van der Waals surface area contributed by atoms with E-state index in [9.17, 15) is 0 Å². The average molecular weight is 210 g/mol. The first-order valence-corrected chi connectivity index (χ1v) is 5.32. The molecule has 0 aliphatic carbocycles. The second-order valence-corrected chi connectivity index (χ2v) is 3.91. The maximum Gasteiger partial charge on any atom is 0.0529 e. The van der Waals surface area contributed by atoms with E-state index < -0.39 is 0 Å². The zero-order valence-corrected chi connectivity index (χ0v) is 8.85. The summed E-state index contributed by atoms with van der Waals surface area (Å²) in [5.41, 5.74) is 1.18. The lowest BCUT2D eigenvalue weighted by molar-refractivity contribution is 0.233. The monoisotopic (exact) mass is 209 g/mol. The van der Waals surface area contributed by atoms with Gasteiger partial charge in [0.25, 0.3) is 0 Å². The van der Waals surface area contributed by atoms with E-state index in [0.29, 0.717) is 0 Å². The van der Waals surface area contributed by atoms with Gasteiger partial charge in [-0.1, -0.05) is 29.8 Å². The summed E-state index contributed by atoms with van der Waals surface area (Å²) >= 11 is 6.05. The van der Waals surface area contributed by atoms with Gasteiger partial charge in [0.2, 0.25) is 0 Å². The minimum atomic E-state index is 0.756. The van der Waals surface area contributed by atoms with Crippen molar-refractivity contribution in [2.24, 2.45) is 0 Å².